The van der Waals surface area contributed by atoms with Gasteiger partial charge in [-0.25, -0.2) is 0 Å². The second-order valence-electron chi connectivity index (χ2n) is 6.90. The SMILES string of the molecule is Cc1cc(C(=O)N[C@H](c2nc(C(C)C)no2)C2CCOCC2)oc1C. The Morgan fingerprint density at radius 1 is 1.28 bits per heavy atom. The number of aromatic nitrogens is 2. The Labute approximate surface area is 147 Å². The molecule has 0 saturated carbocycles. The third kappa shape index (κ3) is 3.92. The smallest absolute Gasteiger partial charge is 0.287 e. The minimum absolute atomic E-state index is 0.166. The van der Waals surface area contributed by atoms with Crippen molar-refractivity contribution in [1.29, 1.82) is 0 Å². The van der Waals surface area contributed by atoms with Gasteiger partial charge < -0.3 is 19.0 Å². The molecule has 7 heteroatoms. The highest BCUT2D eigenvalue weighted by Crippen LogP contribution is 2.30. The standard InChI is InChI=1S/C18H25N3O4/c1-10(2)16-20-18(25-21-16)15(13-5-7-23-8-6-13)19-17(22)14-9-11(3)12(4)24-14/h9-10,13,15H,5-8H2,1-4H3,(H,19,22)/t15-/m0/s1. The summed E-state index contributed by atoms with van der Waals surface area (Å²) in [5.41, 5.74) is 0.952. The molecule has 1 amide bonds. The number of rotatable bonds is 5. The summed E-state index contributed by atoms with van der Waals surface area (Å²) in [4.78, 5) is 17.1. The molecule has 0 aromatic carbocycles. The number of carbonyl (C=O) groups is 1. The number of aryl methyl sites for hydroxylation is 2. The maximum absolute atomic E-state index is 12.7. The Morgan fingerprint density at radius 2 is 2.00 bits per heavy atom. The van der Waals surface area contributed by atoms with Crippen molar-refractivity contribution in [2.24, 2.45) is 5.92 Å². The van der Waals surface area contributed by atoms with Crippen molar-refractivity contribution in [2.45, 2.75) is 52.5 Å². The zero-order chi connectivity index (χ0) is 18.0. The van der Waals surface area contributed by atoms with Gasteiger partial charge in [0.2, 0.25) is 5.89 Å². The molecule has 1 aliphatic rings. The number of nitrogens with one attached hydrogen (secondary N) is 1. The number of nitrogens with zero attached hydrogens (tertiary/aromatic N) is 2. The van der Waals surface area contributed by atoms with Crippen LogP contribution in [-0.2, 0) is 4.74 Å². The molecular formula is C18H25N3O4. The summed E-state index contributed by atoms with van der Waals surface area (Å²) in [5.74, 6) is 2.23. The topological polar surface area (TPSA) is 90.4 Å². The summed E-state index contributed by atoms with van der Waals surface area (Å²) in [5, 5.41) is 7.07. The summed E-state index contributed by atoms with van der Waals surface area (Å²) in [6.07, 6.45) is 1.67. The number of furan rings is 1. The van der Waals surface area contributed by atoms with E-state index in [9.17, 15) is 4.79 Å². The van der Waals surface area contributed by atoms with E-state index in [1.165, 1.54) is 0 Å². The third-order valence-electron chi connectivity index (χ3n) is 4.65. The molecule has 2 aromatic rings. The highest BCUT2D eigenvalue weighted by atomic mass is 16.5. The molecule has 1 saturated heterocycles. The average molecular weight is 347 g/mol. The van der Waals surface area contributed by atoms with Gasteiger partial charge in [0.25, 0.3) is 5.91 Å². The molecule has 0 unspecified atom stereocenters. The maximum atomic E-state index is 12.7. The van der Waals surface area contributed by atoms with Gasteiger partial charge in [0, 0.05) is 19.1 Å². The first kappa shape index (κ1) is 17.7. The van der Waals surface area contributed by atoms with Crippen LogP contribution >= 0.6 is 0 Å². The van der Waals surface area contributed by atoms with Gasteiger partial charge in [-0.2, -0.15) is 4.98 Å². The average Bonchev–Trinajstić information content (AvgIpc) is 3.21. The van der Waals surface area contributed by atoms with Crippen LogP contribution in [0.25, 0.3) is 0 Å². The van der Waals surface area contributed by atoms with E-state index in [2.05, 4.69) is 15.5 Å². The number of carbonyl (C=O) groups excluding carboxylic acids is 1. The van der Waals surface area contributed by atoms with Crippen molar-refractivity contribution >= 4 is 5.91 Å². The zero-order valence-corrected chi connectivity index (χ0v) is 15.2. The van der Waals surface area contributed by atoms with Crippen LogP contribution in [0.5, 0.6) is 0 Å². The van der Waals surface area contributed by atoms with Crippen molar-refractivity contribution in [3.8, 4) is 0 Å². The van der Waals surface area contributed by atoms with Crippen molar-refractivity contribution in [3.63, 3.8) is 0 Å². The lowest BCUT2D eigenvalue weighted by atomic mass is 9.91. The third-order valence-corrected chi connectivity index (χ3v) is 4.65. The van der Waals surface area contributed by atoms with Gasteiger partial charge in [0.05, 0.1) is 0 Å². The second-order valence-corrected chi connectivity index (χ2v) is 6.90. The lowest BCUT2D eigenvalue weighted by molar-refractivity contribution is 0.0463. The van der Waals surface area contributed by atoms with E-state index in [0.29, 0.717) is 30.7 Å². The van der Waals surface area contributed by atoms with Crippen LogP contribution in [0.3, 0.4) is 0 Å². The Morgan fingerprint density at radius 3 is 2.56 bits per heavy atom. The van der Waals surface area contributed by atoms with Crippen LogP contribution in [-0.4, -0.2) is 29.3 Å². The number of hydrogen-bond acceptors (Lipinski definition) is 6. The van der Waals surface area contributed by atoms with Gasteiger partial charge in [-0.3, -0.25) is 4.79 Å². The molecule has 3 heterocycles. The van der Waals surface area contributed by atoms with Crippen molar-refractivity contribution in [1.82, 2.24) is 15.5 Å². The Hall–Kier alpha value is -2.15. The van der Waals surface area contributed by atoms with Crippen molar-refractivity contribution in [3.05, 3.63) is 34.9 Å². The minimum atomic E-state index is -0.345. The fourth-order valence-electron chi connectivity index (χ4n) is 2.94. The number of hydrogen-bond donors (Lipinski definition) is 1. The Kier molecular flexibility index (Phi) is 5.22. The molecule has 0 aliphatic carbocycles. The molecule has 0 radical (unpaired) electrons. The molecule has 2 aromatic heterocycles. The molecule has 0 spiro atoms. The predicted molar refractivity (Wildman–Crippen MR) is 90.3 cm³/mol. The first-order valence-electron chi connectivity index (χ1n) is 8.75. The molecule has 0 bridgehead atoms. The number of ether oxygens (including phenoxy) is 1. The summed E-state index contributed by atoms with van der Waals surface area (Å²) >= 11 is 0. The lowest BCUT2D eigenvalue weighted by Gasteiger charge is -2.28. The zero-order valence-electron chi connectivity index (χ0n) is 15.2. The van der Waals surface area contributed by atoms with E-state index >= 15 is 0 Å². The monoisotopic (exact) mass is 347 g/mol. The van der Waals surface area contributed by atoms with E-state index in [1.807, 2.05) is 27.7 Å². The van der Waals surface area contributed by atoms with Gasteiger partial charge in [0.1, 0.15) is 11.8 Å². The Balaban J connectivity index is 1.83. The van der Waals surface area contributed by atoms with Crippen LogP contribution in [0, 0.1) is 19.8 Å². The normalized spacial score (nSPS) is 17.0. The summed E-state index contributed by atoms with van der Waals surface area (Å²) in [6.45, 7) is 9.10. The molecule has 25 heavy (non-hydrogen) atoms. The fraction of sp³-hybridized carbons (Fsp3) is 0.611. The van der Waals surface area contributed by atoms with Crippen LogP contribution in [0.15, 0.2) is 15.0 Å². The molecule has 136 valence electrons. The van der Waals surface area contributed by atoms with Gasteiger partial charge in [0.15, 0.2) is 11.6 Å². The van der Waals surface area contributed by atoms with Gasteiger partial charge >= 0.3 is 0 Å². The molecule has 3 rings (SSSR count). The molecule has 1 N–H and O–H groups in total. The van der Waals surface area contributed by atoms with Gasteiger partial charge in [-0.05, 0) is 44.2 Å². The minimum Gasteiger partial charge on any atom is -0.456 e. The first-order chi connectivity index (χ1) is 12.0. The lowest BCUT2D eigenvalue weighted by Crippen LogP contribution is -2.36. The molecule has 1 aliphatic heterocycles. The van der Waals surface area contributed by atoms with E-state index in [4.69, 9.17) is 13.7 Å². The summed E-state index contributed by atoms with van der Waals surface area (Å²) in [6, 6.07) is 1.40. The number of amides is 1. The van der Waals surface area contributed by atoms with Crippen LogP contribution in [0.1, 0.15) is 72.2 Å². The van der Waals surface area contributed by atoms with Gasteiger partial charge in [-0.1, -0.05) is 19.0 Å². The van der Waals surface area contributed by atoms with E-state index in [1.54, 1.807) is 6.07 Å². The van der Waals surface area contributed by atoms with Crippen molar-refractivity contribution < 1.29 is 18.5 Å². The molecule has 1 fully saturated rings. The Bertz CT molecular complexity index is 709. The van der Waals surface area contributed by atoms with Crippen molar-refractivity contribution in [2.75, 3.05) is 13.2 Å². The highest BCUT2D eigenvalue weighted by Gasteiger charge is 2.32. The highest BCUT2D eigenvalue weighted by molar-refractivity contribution is 5.92. The van der Waals surface area contributed by atoms with Crippen LogP contribution in [0.2, 0.25) is 0 Å². The fourth-order valence-corrected chi connectivity index (χ4v) is 2.94. The van der Waals surface area contributed by atoms with E-state index < -0.39 is 0 Å². The second kappa shape index (κ2) is 7.39. The van der Waals surface area contributed by atoms with Crippen LogP contribution < -0.4 is 5.32 Å². The molecule has 7 nitrogen and oxygen atoms in total. The summed E-state index contributed by atoms with van der Waals surface area (Å²) in [7, 11) is 0. The van der Waals surface area contributed by atoms with E-state index in [-0.39, 0.29) is 23.8 Å². The largest absolute Gasteiger partial charge is 0.456 e. The molecular weight excluding hydrogens is 322 g/mol. The molecule has 1 atom stereocenters. The quantitative estimate of drug-likeness (QED) is 0.892. The summed E-state index contributed by atoms with van der Waals surface area (Å²) < 4.78 is 16.4. The van der Waals surface area contributed by atoms with Gasteiger partial charge in [-0.15, -0.1) is 0 Å². The predicted octanol–water partition coefficient (Wildman–Crippen LogP) is 3.30. The maximum Gasteiger partial charge on any atom is 0.287 e. The van der Waals surface area contributed by atoms with Crippen LogP contribution in [0.4, 0.5) is 0 Å². The van der Waals surface area contributed by atoms with E-state index in [0.717, 1.165) is 24.2 Å². The first-order valence-corrected chi connectivity index (χ1v) is 8.75.